The van der Waals surface area contributed by atoms with Crippen molar-refractivity contribution in [2.75, 3.05) is 30.9 Å². The number of para-hydroxylation sites is 1. The van der Waals surface area contributed by atoms with Crippen molar-refractivity contribution in [3.63, 3.8) is 0 Å². The zero-order valence-electron chi connectivity index (χ0n) is 18.3. The van der Waals surface area contributed by atoms with Crippen LogP contribution in [0.3, 0.4) is 0 Å². The number of nitrogens with zero attached hydrogens (tertiary/aromatic N) is 3. The second-order valence-electron chi connectivity index (χ2n) is 8.13. The first kappa shape index (κ1) is 24.4. The van der Waals surface area contributed by atoms with E-state index in [2.05, 4.69) is 25.6 Å². The average Bonchev–Trinajstić information content (AvgIpc) is 3.32. The van der Waals surface area contributed by atoms with Crippen LogP contribution < -0.4 is 15.4 Å². The number of fused-ring (bicyclic) bond motifs is 1. The highest BCUT2D eigenvalue weighted by molar-refractivity contribution is 7.21. The van der Waals surface area contributed by atoms with Crippen molar-refractivity contribution in [1.29, 1.82) is 0 Å². The van der Waals surface area contributed by atoms with Crippen molar-refractivity contribution < 1.29 is 33.2 Å². The number of hydrogen-bond donors (Lipinski definition) is 5. The molecule has 3 atom stereocenters. The summed E-state index contributed by atoms with van der Waals surface area (Å²) in [6.07, 6.45) is -5.36. The number of halogens is 3. The first-order chi connectivity index (χ1) is 16.0. The summed E-state index contributed by atoms with van der Waals surface area (Å²) in [5, 5.41) is 36.5. The summed E-state index contributed by atoms with van der Waals surface area (Å²) in [6.45, 7) is -0.0736. The summed E-state index contributed by atoms with van der Waals surface area (Å²) in [4.78, 5) is 13.0. The Morgan fingerprint density at radius 2 is 2.03 bits per heavy atom. The molecule has 13 heteroatoms. The summed E-state index contributed by atoms with van der Waals surface area (Å²) in [7, 11) is 1.52. The molecule has 0 amide bonds. The monoisotopic (exact) mass is 499 g/mol. The number of aliphatic hydroxyl groups is 3. The molecule has 5 N–H and O–H groups in total. The number of nitrogens with one attached hydrogen (secondary N) is 2. The van der Waals surface area contributed by atoms with Crippen molar-refractivity contribution in [2.24, 2.45) is 5.92 Å². The molecular formula is C21H24F3N5O4S. The van der Waals surface area contributed by atoms with E-state index in [0.717, 1.165) is 4.70 Å². The number of hydrogen-bond acceptors (Lipinski definition) is 10. The Kier molecular flexibility index (Phi) is 6.55. The predicted octanol–water partition coefficient (Wildman–Crippen LogP) is 2.91. The van der Waals surface area contributed by atoms with Crippen LogP contribution in [0.5, 0.6) is 5.75 Å². The molecule has 1 fully saturated rings. The summed E-state index contributed by atoms with van der Waals surface area (Å²) in [6, 6.07) is 5.41. The third-order valence-corrected chi connectivity index (χ3v) is 6.79. The minimum Gasteiger partial charge on any atom is -0.494 e. The van der Waals surface area contributed by atoms with Crippen LogP contribution >= 0.6 is 11.3 Å². The number of benzene rings is 1. The number of aromatic nitrogens is 3. The van der Waals surface area contributed by atoms with E-state index in [4.69, 9.17) is 4.74 Å². The molecule has 1 aliphatic carbocycles. The van der Waals surface area contributed by atoms with Gasteiger partial charge in [-0.2, -0.15) is 18.2 Å². The van der Waals surface area contributed by atoms with Gasteiger partial charge in [-0.25, -0.2) is 9.97 Å². The zero-order chi connectivity index (χ0) is 24.7. The van der Waals surface area contributed by atoms with E-state index in [0.29, 0.717) is 34.0 Å². The number of alkyl halides is 3. The van der Waals surface area contributed by atoms with Crippen LogP contribution in [0.25, 0.3) is 20.8 Å². The molecule has 184 valence electrons. The Bertz CT molecular complexity index is 1190. The SMILES string of the molecule is COc1cccc2sc(-c3c(C)nc(NCC(F)(F)F)nc3N[C@@]3(O)CC[C@H](CO)[C@H]3O)nc12. The lowest BCUT2D eigenvalue weighted by Crippen LogP contribution is -2.48. The maximum Gasteiger partial charge on any atom is 0.405 e. The van der Waals surface area contributed by atoms with Crippen molar-refractivity contribution in [3.05, 3.63) is 23.9 Å². The van der Waals surface area contributed by atoms with Crippen LogP contribution in [-0.2, 0) is 0 Å². The number of anilines is 2. The van der Waals surface area contributed by atoms with Gasteiger partial charge in [-0.05, 0) is 31.9 Å². The molecule has 0 radical (unpaired) electrons. The van der Waals surface area contributed by atoms with Crippen molar-refractivity contribution in [2.45, 2.75) is 37.8 Å². The molecule has 9 nitrogen and oxygen atoms in total. The van der Waals surface area contributed by atoms with Crippen LogP contribution in [0.2, 0.25) is 0 Å². The summed E-state index contributed by atoms with van der Waals surface area (Å²) < 4.78 is 44.4. The van der Waals surface area contributed by atoms with Crippen LogP contribution in [0.15, 0.2) is 18.2 Å². The van der Waals surface area contributed by atoms with E-state index in [1.807, 2.05) is 12.1 Å². The summed E-state index contributed by atoms with van der Waals surface area (Å²) in [5.74, 6) is -0.296. The minimum absolute atomic E-state index is 0.00957. The smallest absolute Gasteiger partial charge is 0.405 e. The van der Waals surface area contributed by atoms with Gasteiger partial charge in [0.05, 0.1) is 23.1 Å². The third kappa shape index (κ3) is 4.73. The zero-order valence-corrected chi connectivity index (χ0v) is 19.2. The average molecular weight is 500 g/mol. The van der Waals surface area contributed by atoms with E-state index in [1.165, 1.54) is 18.4 Å². The van der Waals surface area contributed by atoms with Gasteiger partial charge in [-0.3, -0.25) is 0 Å². The summed E-state index contributed by atoms with van der Waals surface area (Å²) in [5.41, 5.74) is -0.572. The van der Waals surface area contributed by atoms with Gasteiger partial charge >= 0.3 is 6.18 Å². The van der Waals surface area contributed by atoms with Crippen LogP contribution in [0.4, 0.5) is 24.9 Å². The highest BCUT2D eigenvalue weighted by atomic mass is 32.1. The van der Waals surface area contributed by atoms with Crippen LogP contribution in [0.1, 0.15) is 18.5 Å². The molecule has 0 aliphatic heterocycles. The maximum atomic E-state index is 12.7. The van der Waals surface area contributed by atoms with E-state index in [1.54, 1.807) is 13.0 Å². The lowest BCUT2D eigenvalue weighted by molar-refractivity contribution is -0.115. The van der Waals surface area contributed by atoms with Crippen LogP contribution in [-0.4, -0.2) is 68.5 Å². The predicted molar refractivity (Wildman–Crippen MR) is 121 cm³/mol. The van der Waals surface area contributed by atoms with E-state index >= 15 is 0 Å². The van der Waals surface area contributed by atoms with Gasteiger partial charge in [0.2, 0.25) is 5.95 Å². The molecule has 0 bridgehead atoms. The van der Waals surface area contributed by atoms with Gasteiger partial charge in [0.25, 0.3) is 0 Å². The number of aryl methyl sites for hydroxylation is 1. The molecule has 34 heavy (non-hydrogen) atoms. The van der Waals surface area contributed by atoms with E-state index < -0.39 is 30.5 Å². The molecule has 2 heterocycles. The standard InChI is InChI=1S/C21H24F3N5O4S/c1-10-14(18-27-15-12(33-2)4-3-5-13(15)34-18)17(28-19(26-10)25-9-21(22,23)24)29-20(32)7-6-11(8-30)16(20)31/h3-5,11,16,30-32H,6-9H2,1-2H3,(H2,25,26,28,29)/t11-,16-,20-/m1/s1. The highest BCUT2D eigenvalue weighted by Gasteiger charge is 2.47. The second kappa shape index (κ2) is 9.13. The lowest BCUT2D eigenvalue weighted by atomic mass is 10.0. The number of rotatable bonds is 7. The fourth-order valence-electron chi connectivity index (χ4n) is 4.01. The van der Waals surface area contributed by atoms with Crippen LogP contribution in [0, 0.1) is 12.8 Å². The number of thiazole rings is 1. The topological polar surface area (TPSA) is 133 Å². The molecule has 1 aromatic carbocycles. The summed E-state index contributed by atoms with van der Waals surface area (Å²) >= 11 is 1.30. The van der Waals surface area contributed by atoms with Gasteiger partial charge in [0.1, 0.15) is 34.7 Å². The molecule has 1 saturated carbocycles. The Morgan fingerprint density at radius 3 is 2.68 bits per heavy atom. The third-order valence-electron chi connectivity index (χ3n) is 5.75. The Labute approximate surface area is 196 Å². The van der Waals surface area contributed by atoms with Gasteiger partial charge in [0.15, 0.2) is 5.72 Å². The highest BCUT2D eigenvalue weighted by Crippen LogP contribution is 2.41. The largest absolute Gasteiger partial charge is 0.494 e. The normalized spacial score (nSPS) is 22.8. The number of methoxy groups -OCH3 is 1. The molecule has 1 aliphatic rings. The fraction of sp³-hybridized carbons (Fsp3) is 0.476. The first-order valence-corrected chi connectivity index (χ1v) is 11.3. The molecular weight excluding hydrogens is 475 g/mol. The minimum atomic E-state index is -4.48. The molecule has 4 rings (SSSR count). The maximum absolute atomic E-state index is 12.7. The van der Waals surface area contributed by atoms with Gasteiger partial charge < -0.3 is 30.7 Å². The van der Waals surface area contributed by atoms with Gasteiger partial charge in [-0.15, -0.1) is 11.3 Å². The molecule has 0 saturated heterocycles. The number of aliphatic hydroxyl groups excluding tert-OH is 2. The van der Waals surface area contributed by atoms with Gasteiger partial charge in [-0.1, -0.05) is 6.07 Å². The number of ether oxygens (including phenoxy) is 1. The van der Waals surface area contributed by atoms with Crippen molar-refractivity contribution in [1.82, 2.24) is 15.0 Å². The van der Waals surface area contributed by atoms with E-state index in [-0.39, 0.29) is 24.8 Å². The van der Waals surface area contributed by atoms with Crippen molar-refractivity contribution >= 4 is 33.3 Å². The Hall–Kier alpha value is -2.74. The molecule has 2 aromatic heterocycles. The fourth-order valence-corrected chi connectivity index (χ4v) is 5.09. The van der Waals surface area contributed by atoms with Crippen molar-refractivity contribution in [3.8, 4) is 16.3 Å². The van der Waals surface area contributed by atoms with E-state index in [9.17, 15) is 28.5 Å². The molecule has 3 aromatic rings. The Balaban J connectivity index is 1.81. The molecule has 0 unspecified atom stereocenters. The quantitative estimate of drug-likeness (QED) is 0.311. The Morgan fingerprint density at radius 1 is 1.26 bits per heavy atom. The lowest BCUT2D eigenvalue weighted by Gasteiger charge is -2.31. The van der Waals surface area contributed by atoms with Gasteiger partial charge in [0, 0.05) is 12.5 Å². The second-order valence-corrected chi connectivity index (χ2v) is 9.16. The molecule has 0 spiro atoms. The first-order valence-electron chi connectivity index (χ1n) is 10.5.